The van der Waals surface area contributed by atoms with Gasteiger partial charge in [0, 0.05) is 19.0 Å². The Morgan fingerprint density at radius 2 is 1.75 bits per heavy atom. The van der Waals surface area contributed by atoms with Crippen LogP contribution in [0.4, 0.5) is 0 Å². The molecule has 2 heterocycles. The average molecular weight is 379 g/mol. The van der Waals surface area contributed by atoms with Crippen molar-refractivity contribution >= 4 is 16.9 Å². The van der Waals surface area contributed by atoms with Gasteiger partial charge in [-0.3, -0.25) is 4.79 Å². The van der Waals surface area contributed by atoms with Crippen LogP contribution < -0.4 is 9.47 Å². The lowest BCUT2D eigenvalue weighted by Gasteiger charge is -2.31. The monoisotopic (exact) mass is 379 g/mol. The number of rotatable bonds is 6. The molecular formula is C22H25N3O3. The topological polar surface area (TPSA) is 67.5 Å². The molecule has 0 radical (unpaired) electrons. The fourth-order valence-corrected chi connectivity index (χ4v) is 3.64. The van der Waals surface area contributed by atoms with Gasteiger partial charge in [0.25, 0.3) is 5.91 Å². The van der Waals surface area contributed by atoms with Crippen molar-refractivity contribution in [3.8, 4) is 11.5 Å². The Balaban J connectivity index is 1.31. The molecule has 1 amide bonds. The quantitative estimate of drug-likeness (QED) is 0.708. The molecule has 146 valence electrons. The number of benzene rings is 2. The van der Waals surface area contributed by atoms with Crippen LogP contribution in [-0.4, -0.2) is 47.1 Å². The third kappa shape index (κ3) is 3.96. The number of aromatic amines is 1. The number of nitrogens with one attached hydrogen (secondary N) is 1. The number of para-hydroxylation sites is 4. The number of ether oxygens (including phenoxy) is 2. The van der Waals surface area contributed by atoms with Crippen LogP contribution in [0.25, 0.3) is 11.0 Å². The zero-order chi connectivity index (χ0) is 19.3. The molecule has 1 aliphatic heterocycles. The molecule has 0 saturated carbocycles. The molecule has 0 spiro atoms. The van der Waals surface area contributed by atoms with Gasteiger partial charge in [0.05, 0.1) is 17.6 Å². The van der Waals surface area contributed by atoms with E-state index in [-0.39, 0.29) is 12.5 Å². The van der Waals surface area contributed by atoms with E-state index in [2.05, 4.69) is 4.98 Å². The highest BCUT2D eigenvalue weighted by Crippen LogP contribution is 2.29. The maximum atomic E-state index is 12.6. The first-order valence-corrected chi connectivity index (χ1v) is 9.81. The smallest absolute Gasteiger partial charge is 0.260 e. The van der Waals surface area contributed by atoms with Gasteiger partial charge < -0.3 is 19.4 Å². The Bertz CT molecular complexity index is 912. The maximum Gasteiger partial charge on any atom is 0.260 e. The second kappa shape index (κ2) is 8.33. The summed E-state index contributed by atoms with van der Waals surface area (Å²) in [4.78, 5) is 22.6. The molecule has 6 nitrogen and oxygen atoms in total. The zero-order valence-electron chi connectivity index (χ0n) is 16.1. The SMILES string of the molecule is CCOc1ccccc1OCC(=O)N1CCC(c2nc3ccccc3[nH]2)CC1. The van der Waals surface area contributed by atoms with Crippen molar-refractivity contribution in [2.45, 2.75) is 25.7 Å². The van der Waals surface area contributed by atoms with Crippen molar-refractivity contribution in [1.82, 2.24) is 14.9 Å². The van der Waals surface area contributed by atoms with Gasteiger partial charge in [-0.2, -0.15) is 0 Å². The molecule has 1 fully saturated rings. The number of hydrogen-bond acceptors (Lipinski definition) is 4. The van der Waals surface area contributed by atoms with Crippen molar-refractivity contribution < 1.29 is 14.3 Å². The molecule has 0 atom stereocenters. The minimum absolute atomic E-state index is 0.00866. The van der Waals surface area contributed by atoms with Crippen LogP contribution in [0.3, 0.4) is 0 Å². The normalized spacial score (nSPS) is 15.0. The second-order valence-electron chi connectivity index (χ2n) is 6.96. The summed E-state index contributed by atoms with van der Waals surface area (Å²) < 4.78 is 11.3. The van der Waals surface area contributed by atoms with Crippen LogP contribution in [0.5, 0.6) is 11.5 Å². The van der Waals surface area contributed by atoms with E-state index < -0.39 is 0 Å². The van der Waals surface area contributed by atoms with Gasteiger partial charge in [-0.1, -0.05) is 24.3 Å². The van der Waals surface area contributed by atoms with Crippen LogP contribution in [0.15, 0.2) is 48.5 Å². The van der Waals surface area contributed by atoms with Gasteiger partial charge >= 0.3 is 0 Å². The van der Waals surface area contributed by atoms with Gasteiger partial charge in [-0.25, -0.2) is 4.98 Å². The Kier molecular flexibility index (Phi) is 5.46. The molecule has 0 unspecified atom stereocenters. The molecule has 0 bridgehead atoms. The predicted molar refractivity (Wildman–Crippen MR) is 108 cm³/mol. The van der Waals surface area contributed by atoms with Gasteiger partial charge in [-0.15, -0.1) is 0 Å². The molecule has 0 aliphatic carbocycles. The van der Waals surface area contributed by atoms with Crippen molar-refractivity contribution in [3.63, 3.8) is 0 Å². The number of amides is 1. The standard InChI is InChI=1S/C22H25N3O3/c1-2-27-19-9-5-6-10-20(19)28-15-21(26)25-13-11-16(12-14-25)22-23-17-7-3-4-8-18(17)24-22/h3-10,16H,2,11-15H2,1H3,(H,23,24). The minimum atomic E-state index is 0.00866. The fraction of sp³-hybridized carbons (Fsp3) is 0.364. The number of H-pyrrole nitrogens is 1. The maximum absolute atomic E-state index is 12.6. The van der Waals surface area contributed by atoms with E-state index in [0.29, 0.717) is 24.0 Å². The summed E-state index contributed by atoms with van der Waals surface area (Å²) in [6.45, 7) is 3.95. The first-order chi connectivity index (χ1) is 13.7. The summed E-state index contributed by atoms with van der Waals surface area (Å²) in [5, 5.41) is 0. The van der Waals surface area contributed by atoms with Crippen LogP contribution in [0.1, 0.15) is 31.5 Å². The summed E-state index contributed by atoms with van der Waals surface area (Å²) in [6, 6.07) is 15.5. The highest BCUT2D eigenvalue weighted by atomic mass is 16.5. The van der Waals surface area contributed by atoms with Crippen LogP contribution in [0, 0.1) is 0 Å². The molecular weight excluding hydrogens is 354 g/mol. The Labute approximate surface area is 164 Å². The third-order valence-corrected chi connectivity index (χ3v) is 5.14. The number of nitrogens with zero attached hydrogens (tertiary/aromatic N) is 2. The Hall–Kier alpha value is -3.02. The fourth-order valence-electron chi connectivity index (χ4n) is 3.64. The van der Waals surface area contributed by atoms with Crippen molar-refractivity contribution in [3.05, 3.63) is 54.4 Å². The number of carbonyl (C=O) groups is 1. The predicted octanol–water partition coefficient (Wildman–Crippen LogP) is 3.75. The molecule has 3 aromatic rings. The van der Waals surface area contributed by atoms with E-state index in [1.807, 2.05) is 60.4 Å². The van der Waals surface area contributed by atoms with E-state index >= 15 is 0 Å². The van der Waals surface area contributed by atoms with Crippen molar-refractivity contribution in [2.24, 2.45) is 0 Å². The number of likely N-dealkylation sites (tertiary alicyclic amines) is 1. The lowest BCUT2D eigenvalue weighted by Crippen LogP contribution is -2.40. The molecule has 1 aliphatic rings. The summed E-state index contributed by atoms with van der Waals surface area (Å²) in [6.07, 6.45) is 1.81. The largest absolute Gasteiger partial charge is 0.490 e. The van der Waals surface area contributed by atoms with Gasteiger partial charge in [0.2, 0.25) is 0 Å². The molecule has 6 heteroatoms. The number of hydrogen-bond donors (Lipinski definition) is 1. The van der Waals surface area contributed by atoms with Crippen molar-refractivity contribution in [1.29, 1.82) is 0 Å². The molecule has 1 saturated heterocycles. The van der Waals surface area contributed by atoms with E-state index in [9.17, 15) is 4.79 Å². The Morgan fingerprint density at radius 3 is 2.46 bits per heavy atom. The van der Waals surface area contributed by atoms with E-state index in [0.717, 1.165) is 42.8 Å². The molecule has 1 N–H and O–H groups in total. The van der Waals surface area contributed by atoms with Gasteiger partial charge in [0.15, 0.2) is 18.1 Å². The number of imidazole rings is 1. The number of piperidine rings is 1. The highest BCUT2D eigenvalue weighted by Gasteiger charge is 2.26. The van der Waals surface area contributed by atoms with E-state index in [1.54, 1.807) is 0 Å². The molecule has 1 aromatic heterocycles. The highest BCUT2D eigenvalue weighted by molar-refractivity contribution is 5.78. The summed E-state index contributed by atoms with van der Waals surface area (Å²) in [7, 11) is 0. The van der Waals surface area contributed by atoms with Crippen LogP contribution in [0.2, 0.25) is 0 Å². The van der Waals surface area contributed by atoms with E-state index in [1.165, 1.54) is 0 Å². The molecule has 28 heavy (non-hydrogen) atoms. The summed E-state index contributed by atoms with van der Waals surface area (Å²) >= 11 is 0. The second-order valence-corrected chi connectivity index (χ2v) is 6.96. The zero-order valence-corrected chi connectivity index (χ0v) is 16.1. The summed E-state index contributed by atoms with van der Waals surface area (Å²) in [5.74, 6) is 2.66. The third-order valence-electron chi connectivity index (χ3n) is 5.14. The lowest BCUT2D eigenvalue weighted by atomic mass is 9.96. The number of fused-ring (bicyclic) bond motifs is 1. The first kappa shape index (κ1) is 18.3. The summed E-state index contributed by atoms with van der Waals surface area (Å²) in [5.41, 5.74) is 2.06. The minimum Gasteiger partial charge on any atom is -0.490 e. The Morgan fingerprint density at radius 1 is 1.07 bits per heavy atom. The van der Waals surface area contributed by atoms with Crippen molar-refractivity contribution in [2.75, 3.05) is 26.3 Å². The number of carbonyl (C=O) groups excluding carboxylic acids is 1. The van der Waals surface area contributed by atoms with Crippen LogP contribution >= 0.6 is 0 Å². The average Bonchev–Trinajstić information content (AvgIpc) is 3.17. The molecule has 2 aromatic carbocycles. The molecule has 4 rings (SSSR count). The van der Waals surface area contributed by atoms with Crippen LogP contribution in [-0.2, 0) is 4.79 Å². The van der Waals surface area contributed by atoms with Gasteiger partial charge in [0.1, 0.15) is 5.82 Å². The van der Waals surface area contributed by atoms with Gasteiger partial charge in [-0.05, 0) is 44.0 Å². The first-order valence-electron chi connectivity index (χ1n) is 9.81. The number of aromatic nitrogens is 2. The van der Waals surface area contributed by atoms with E-state index in [4.69, 9.17) is 14.5 Å². The lowest BCUT2D eigenvalue weighted by molar-refractivity contribution is -0.134.